The third kappa shape index (κ3) is 2.29. The molecule has 10 nitrogen and oxygen atoms in total. The van der Waals surface area contributed by atoms with Gasteiger partial charge in [0, 0.05) is 11.8 Å². The van der Waals surface area contributed by atoms with Gasteiger partial charge < -0.3 is 36.4 Å². The summed E-state index contributed by atoms with van der Waals surface area (Å²) in [7, 11) is 0. The first kappa shape index (κ1) is 21.0. The van der Waals surface area contributed by atoms with E-state index in [1.165, 1.54) is 32.0 Å². The molecule has 0 spiro atoms. The molecule has 164 valence electrons. The van der Waals surface area contributed by atoms with Crippen molar-refractivity contribution in [2.75, 3.05) is 0 Å². The molecule has 6 unspecified atom stereocenters. The van der Waals surface area contributed by atoms with Crippen LogP contribution in [0.5, 0.6) is 5.75 Å². The molecular weight excluding hydrogens is 410 g/mol. The highest BCUT2D eigenvalue weighted by Crippen LogP contribution is 2.57. The van der Waals surface area contributed by atoms with Crippen molar-refractivity contribution in [2.45, 2.75) is 31.2 Å². The van der Waals surface area contributed by atoms with Crippen LogP contribution in [0, 0.1) is 17.8 Å². The van der Waals surface area contributed by atoms with Crippen molar-refractivity contribution in [2.24, 2.45) is 23.5 Å². The fourth-order valence-corrected chi connectivity index (χ4v) is 5.36. The first-order valence-electron chi connectivity index (χ1n) is 9.50. The minimum atomic E-state index is -2.96. The maximum absolute atomic E-state index is 13.5. The van der Waals surface area contributed by atoms with Crippen LogP contribution >= 0.6 is 0 Å². The molecule has 1 amide bonds. The van der Waals surface area contributed by atoms with E-state index in [1.807, 2.05) is 0 Å². The third-order valence-electron chi connectivity index (χ3n) is 6.82. The summed E-state index contributed by atoms with van der Waals surface area (Å²) in [5, 5.41) is 65.4. The summed E-state index contributed by atoms with van der Waals surface area (Å²) in [6, 6.07) is 3.99. The molecule has 0 saturated heterocycles. The number of amides is 1. The second kappa shape index (κ2) is 6.16. The van der Waals surface area contributed by atoms with Crippen LogP contribution in [0.4, 0.5) is 0 Å². The Kier molecular flexibility index (Phi) is 4.18. The quantitative estimate of drug-likeness (QED) is 0.281. The summed E-state index contributed by atoms with van der Waals surface area (Å²) >= 11 is 0. The predicted molar refractivity (Wildman–Crippen MR) is 103 cm³/mol. The van der Waals surface area contributed by atoms with Gasteiger partial charge in [-0.1, -0.05) is 19.1 Å². The van der Waals surface area contributed by atoms with E-state index in [1.54, 1.807) is 0 Å². The van der Waals surface area contributed by atoms with Gasteiger partial charge in [0.25, 0.3) is 5.91 Å². The molecule has 1 fully saturated rings. The van der Waals surface area contributed by atoms with E-state index in [4.69, 9.17) is 5.73 Å². The number of primary amides is 1. The Morgan fingerprint density at radius 2 is 1.74 bits per heavy atom. The lowest BCUT2D eigenvalue weighted by Gasteiger charge is -2.54. The molecule has 8 N–H and O–H groups in total. The van der Waals surface area contributed by atoms with E-state index < -0.39 is 80.9 Å². The fraction of sp³-hybridized carbons (Fsp3) is 0.381. The van der Waals surface area contributed by atoms with Gasteiger partial charge >= 0.3 is 0 Å². The molecule has 6 atom stereocenters. The molecule has 10 heteroatoms. The first-order valence-corrected chi connectivity index (χ1v) is 9.50. The molecule has 1 saturated carbocycles. The summed E-state index contributed by atoms with van der Waals surface area (Å²) in [5.41, 5.74) is -1.71. The first-order chi connectivity index (χ1) is 14.3. The van der Waals surface area contributed by atoms with Crippen molar-refractivity contribution in [3.63, 3.8) is 0 Å². The number of rotatable bonds is 1. The monoisotopic (exact) mass is 431 g/mol. The molecule has 0 bridgehead atoms. The van der Waals surface area contributed by atoms with E-state index >= 15 is 0 Å². The van der Waals surface area contributed by atoms with Crippen molar-refractivity contribution in [1.82, 2.24) is 0 Å². The van der Waals surface area contributed by atoms with Crippen LogP contribution in [0.3, 0.4) is 0 Å². The summed E-state index contributed by atoms with van der Waals surface area (Å²) in [4.78, 5) is 37.9. The molecule has 1 aromatic rings. The van der Waals surface area contributed by atoms with Crippen molar-refractivity contribution < 1.29 is 45.0 Å². The largest absolute Gasteiger partial charge is 0.508 e. The molecular formula is C21H21NO9. The minimum Gasteiger partial charge on any atom is -0.508 e. The summed E-state index contributed by atoms with van der Waals surface area (Å²) in [6.07, 6.45) is -1.82. The third-order valence-corrected chi connectivity index (χ3v) is 6.82. The number of aromatic hydroxyl groups is 1. The number of benzene rings is 1. The van der Waals surface area contributed by atoms with Crippen LogP contribution in [-0.4, -0.2) is 59.8 Å². The number of ketones is 2. The number of fused-ring (bicyclic) bond motifs is 3. The zero-order chi connectivity index (χ0) is 23.2. The van der Waals surface area contributed by atoms with E-state index in [-0.39, 0.29) is 11.1 Å². The second-order valence-corrected chi connectivity index (χ2v) is 8.44. The lowest BCUT2D eigenvalue weighted by molar-refractivity contribution is -0.180. The number of carbonyl (C=O) groups is 3. The van der Waals surface area contributed by atoms with E-state index in [0.29, 0.717) is 0 Å². The summed E-state index contributed by atoms with van der Waals surface area (Å²) in [6.45, 7) is 2.50. The van der Waals surface area contributed by atoms with Gasteiger partial charge in [0.15, 0.2) is 11.4 Å². The summed E-state index contributed by atoms with van der Waals surface area (Å²) in [5.74, 6) is -10.8. The Bertz CT molecular complexity index is 1130. The Morgan fingerprint density at radius 3 is 2.32 bits per heavy atom. The smallest absolute Gasteiger partial charge is 0.255 e. The number of aliphatic hydroxyl groups excluding tert-OH is 3. The highest BCUT2D eigenvalue weighted by atomic mass is 16.4. The topological polar surface area (TPSA) is 199 Å². The number of Topliss-reactive ketones (excluding diaryl/α,β-unsaturated/α-hetero) is 2. The number of phenolic OH excluding ortho intramolecular Hbond substituents is 1. The van der Waals surface area contributed by atoms with Crippen molar-refractivity contribution in [3.8, 4) is 5.75 Å². The average molecular weight is 431 g/mol. The molecule has 3 aliphatic rings. The fourth-order valence-electron chi connectivity index (χ4n) is 5.36. The van der Waals surface area contributed by atoms with Crippen LogP contribution in [0.15, 0.2) is 35.1 Å². The van der Waals surface area contributed by atoms with Gasteiger partial charge in [0.05, 0.1) is 28.8 Å². The molecule has 31 heavy (non-hydrogen) atoms. The molecule has 0 heterocycles. The van der Waals surface area contributed by atoms with Crippen LogP contribution in [0.2, 0.25) is 0 Å². The maximum atomic E-state index is 13.5. The van der Waals surface area contributed by atoms with Gasteiger partial charge in [0.1, 0.15) is 22.8 Å². The van der Waals surface area contributed by atoms with E-state index in [2.05, 4.69) is 0 Å². The number of aliphatic hydroxyl groups is 5. The highest BCUT2D eigenvalue weighted by Gasteiger charge is 2.68. The van der Waals surface area contributed by atoms with Crippen LogP contribution in [-0.2, 0) is 20.0 Å². The van der Waals surface area contributed by atoms with Crippen LogP contribution in [0.1, 0.15) is 25.0 Å². The van der Waals surface area contributed by atoms with Crippen molar-refractivity contribution >= 4 is 23.2 Å². The van der Waals surface area contributed by atoms with Gasteiger partial charge in [-0.25, -0.2) is 0 Å². The lowest BCUT2D eigenvalue weighted by atomic mass is 9.52. The molecule has 3 aliphatic carbocycles. The Hall–Kier alpha value is -3.21. The van der Waals surface area contributed by atoms with Crippen molar-refractivity contribution in [1.29, 1.82) is 0 Å². The van der Waals surface area contributed by atoms with Gasteiger partial charge in [-0.15, -0.1) is 0 Å². The van der Waals surface area contributed by atoms with Gasteiger partial charge in [-0.05, 0) is 18.6 Å². The van der Waals surface area contributed by atoms with Crippen LogP contribution < -0.4 is 5.73 Å². The standard InChI is InChI=1S/C21H21NO9/c1-6-12-16(26)13-10(15(25)9-7(20(13,2)30)4-3-5-8(9)23)17(27)21(12,31)18(28)11(14(6)24)19(22)29/h3-6,12-13,16,23,25-26,28,30-31H,1-2H3,(H2,22,29). The number of hydrogen-bond donors (Lipinski definition) is 7. The molecule has 0 aromatic heterocycles. The van der Waals surface area contributed by atoms with Crippen molar-refractivity contribution in [3.05, 3.63) is 46.2 Å². The second-order valence-electron chi connectivity index (χ2n) is 8.44. The number of carbonyl (C=O) groups excluding carboxylic acids is 3. The summed E-state index contributed by atoms with van der Waals surface area (Å²) < 4.78 is 0. The molecule has 0 radical (unpaired) electrons. The van der Waals surface area contributed by atoms with E-state index in [0.717, 1.165) is 0 Å². The Balaban J connectivity index is 2.09. The number of hydrogen-bond acceptors (Lipinski definition) is 9. The predicted octanol–water partition coefficient (Wildman–Crippen LogP) is -0.694. The SMILES string of the molecule is CC1C(=O)C(C(N)=O)=C(O)C2(O)C(=O)C3=C(O)c4c(O)cccc4C(C)(O)C3C(O)C12. The molecule has 0 aliphatic heterocycles. The number of phenols is 1. The van der Waals surface area contributed by atoms with Gasteiger partial charge in [0.2, 0.25) is 5.78 Å². The van der Waals surface area contributed by atoms with Gasteiger partial charge in [-0.2, -0.15) is 0 Å². The molecule has 1 aromatic carbocycles. The lowest BCUT2D eigenvalue weighted by Crippen LogP contribution is -2.68. The Labute approximate surface area is 175 Å². The highest BCUT2D eigenvalue weighted by molar-refractivity contribution is 6.23. The van der Waals surface area contributed by atoms with Crippen LogP contribution in [0.25, 0.3) is 5.76 Å². The zero-order valence-corrected chi connectivity index (χ0v) is 16.5. The maximum Gasteiger partial charge on any atom is 0.255 e. The minimum absolute atomic E-state index is 0.0171. The average Bonchev–Trinajstić information content (AvgIpc) is 2.67. The molecule has 4 rings (SSSR count). The normalized spacial score (nSPS) is 37.3. The zero-order valence-electron chi connectivity index (χ0n) is 16.5. The number of nitrogens with two attached hydrogens (primary N) is 1. The van der Waals surface area contributed by atoms with Gasteiger partial charge in [-0.3, -0.25) is 14.4 Å². The van der Waals surface area contributed by atoms with E-state index in [9.17, 15) is 45.0 Å². The Morgan fingerprint density at radius 1 is 1.13 bits per heavy atom.